The standard InChI is InChI=1S/C9H18N4O/c1-3-12(4-2)5-6-13-7-9(8-14)10-11-13/h7,14H,3-6,8H2,1-2H3. The van der Waals surface area contributed by atoms with Gasteiger partial charge in [0.15, 0.2) is 0 Å². The molecule has 0 amide bonds. The van der Waals surface area contributed by atoms with E-state index in [1.807, 2.05) is 0 Å². The van der Waals surface area contributed by atoms with E-state index >= 15 is 0 Å². The minimum Gasteiger partial charge on any atom is -0.390 e. The summed E-state index contributed by atoms with van der Waals surface area (Å²) in [6.07, 6.45) is 1.78. The summed E-state index contributed by atoms with van der Waals surface area (Å²) in [7, 11) is 0. The van der Waals surface area contributed by atoms with E-state index in [1.165, 1.54) is 0 Å². The normalized spacial score (nSPS) is 11.1. The van der Waals surface area contributed by atoms with Gasteiger partial charge in [-0.05, 0) is 13.1 Å². The third-order valence-electron chi connectivity index (χ3n) is 2.29. The van der Waals surface area contributed by atoms with Crippen LogP contribution >= 0.6 is 0 Å². The summed E-state index contributed by atoms with van der Waals surface area (Å²) in [6.45, 7) is 8.16. The van der Waals surface area contributed by atoms with E-state index < -0.39 is 0 Å². The van der Waals surface area contributed by atoms with Crippen LogP contribution in [0.3, 0.4) is 0 Å². The lowest BCUT2D eigenvalue weighted by molar-refractivity contribution is 0.276. The highest BCUT2D eigenvalue weighted by Gasteiger charge is 2.01. The maximum atomic E-state index is 8.79. The molecule has 14 heavy (non-hydrogen) atoms. The lowest BCUT2D eigenvalue weighted by Gasteiger charge is -2.17. The number of aliphatic hydroxyl groups is 1. The molecule has 5 heteroatoms. The van der Waals surface area contributed by atoms with E-state index in [0.717, 1.165) is 26.2 Å². The molecular formula is C9H18N4O. The zero-order chi connectivity index (χ0) is 10.4. The molecular weight excluding hydrogens is 180 g/mol. The largest absolute Gasteiger partial charge is 0.390 e. The summed E-state index contributed by atoms with van der Waals surface area (Å²) in [6, 6.07) is 0. The second-order valence-corrected chi connectivity index (χ2v) is 3.16. The molecule has 1 aromatic rings. The summed E-state index contributed by atoms with van der Waals surface area (Å²) in [4.78, 5) is 2.32. The minimum atomic E-state index is -0.0364. The van der Waals surface area contributed by atoms with Gasteiger partial charge in [-0.25, -0.2) is 0 Å². The smallest absolute Gasteiger partial charge is 0.108 e. The predicted molar refractivity (Wildman–Crippen MR) is 53.7 cm³/mol. The molecule has 80 valence electrons. The number of aromatic nitrogens is 3. The van der Waals surface area contributed by atoms with Gasteiger partial charge in [-0.3, -0.25) is 4.68 Å². The third-order valence-corrected chi connectivity index (χ3v) is 2.29. The van der Waals surface area contributed by atoms with Crippen molar-refractivity contribution in [2.24, 2.45) is 0 Å². The first kappa shape index (κ1) is 11.1. The lowest BCUT2D eigenvalue weighted by Crippen LogP contribution is -2.27. The monoisotopic (exact) mass is 198 g/mol. The van der Waals surface area contributed by atoms with Crippen LogP contribution in [0.1, 0.15) is 19.5 Å². The van der Waals surface area contributed by atoms with Crippen molar-refractivity contribution in [2.45, 2.75) is 27.0 Å². The number of likely N-dealkylation sites (N-methyl/N-ethyl adjacent to an activating group) is 1. The van der Waals surface area contributed by atoms with E-state index in [4.69, 9.17) is 5.11 Å². The molecule has 0 atom stereocenters. The number of aliphatic hydroxyl groups excluding tert-OH is 1. The highest BCUT2D eigenvalue weighted by molar-refractivity contribution is 4.88. The van der Waals surface area contributed by atoms with Crippen LogP contribution in [-0.2, 0) is 13.2 Å². The Morgan fingerprint density at radius 3 is 2.64 bits per heavy atom. The molecule has 0 aliphatic heterocycles. The van der Waals surface area contributed by atoms with E-state index in [-0.39, 0.29) is 6.61 Å². The molecule has 0 radical (unpaired) electrons. The van der Waals surface area contributed by atoms with Gasteiger partial charge < -0.3 is 10.0 Å². The molecule has 0 aliphatic carbocycles. The van der Waals surface area contributed by atoms with E-state index in [1.54, 1.807) is 10.9 Å². The molecule has 0 saturated carbocycles. The quantitative estimate of drug-likeness (QED) is 0.705. The van der Waals surface area contributed by atoms with Gasteiger partial charge in [-0.1, -0.05) is 19.1 Å². The predicted octanol–water partition coefficient (Wildman–Crippen LogP) is 0.112. The summed E-state index contributed by atoms with van der Waals surface area (Å²) < 4.78 is 1.77. The second kappa shape index (κ2) is 5.72. The SMILES string of the molecule is CCN(CC)CCn1cc(CO)nn1. The maximum Gasteiger partial charge on any atom is 0.108 e. The van der Waals surface area contributed by atoms with Crippen molar-refractivity contribution in [1.29, 1.82) is 0 Å². The molecule has 0 unspecified atom stereocenters. The van der Waals surface area contributed by atoms with Gasteiger partial charge in [0, 0.05) is 6.54 Å². The molecule has 1 N–H and O–H groups in total. The van der Waals surface area contributed by atoms with E-state index in [9.17, 15) is 0 Å². The Kier molecular flexibility index (Phi) is 4.55. The highest BCUT2D eigenvalue weighted by Crippen LogP contribution is 1.94. The van der Waals surface area contributed by atoms with Crippen molar-refractivity contribution < 1.29 is 5.11 Å². The van der Waals surface area contributed by atoms with E-state index in [0.29, 0.717) is 5.69 Å². The number of rotatable bonds is 6. The first-order valence-electron chi connectivity index (χ1n) is 5.02. The molecule has 0 fully saturated rings. The van der Waals surface area contributed by atoms with Gasteiger partial charge >= 0.3 is 0 Å². The van der Waals surface area contributed by atoms with Crippen LogP contribution in [0.4, 0.5) is 0 Å². The van der Waals surface area contributed by atoms with Crippen molar-refractivity contribution in [3.63, 3.8) is 0 Å². The Morgan fingerprint density at radius 2 is 2.14 bits per heavy atom. The van der Waals surface area contributed by atoms with Gasteiger partial charge in [0.05, 0.1) is 19.3 Å². The lowest BCUT2D eigenvalue weighted by atomic mass is 10.4. The van der Waals surface area contributed by atoms with Gasteiger partial charge in [0.25, 0.3) is 0 Å². The first-order chi connectivity index (χ1) is 6.80. The van der Waals surface area contributed by atoms with Crippen LogP contribution in [0.15, 0.2) is 6.20 Å². The van der Waals surface area contributed by atoms with Gasteiger partial charge in [-0.2, -0.15) is 0 Å². The summed E-state index contributed by atoms with van der Waals surface area (Å²) >= 11 is 0. The molecule has 0 spiro atoms. The van der Waals surface area contributed by atoms with Gasteiger partial charge in [0.1, 0.15) is 5.69 Å². The first-order valence-corrected chi connectivity index (χ1v) is 5.02. The highest BCUT2D eigenvalue weighted by atomic mass is 16.3. The molecule has 0 saturated heterocycles. The molecule has 1 rings (SSSR count). The fraction of sp³-hybridized carbons (Fsp3) is 0.778. The van der Waals surface area contributed by atoms with Crippen molar-refractivity contribution in [3.05, 3.63) is 11.9 Å². The zero-order valence-corrected chi connectivity index (χ0v) is 8.85. The van der Waals surface area contributed by atoms with Crippen LogP contribution in [0.25, 0.3) is 0 Å². The number of hydrogen-bond donors (Lipinski definition) is 1. The van der Waals surface area contributed by atoms with Crippen LogP contribution in [0.5, 0.6) is 0 Å². The average molecular weight is 198 g/mol. The minimum absolute atomic E-state index is 0.0364. The molecule has 0 bridgehead atoms. The zero-order valence-electron chi connectivity index (χ0n) is 8.85. The maximum absolute atomic E-state index is 8.79. The van der Waals surface area contributed by atoms with Crippen LogP contribution in [0, 0.1) is 0 Å². The van der Waals surface area contributed by atoms with Gasteiger partial charge in [0.2, 0.25) is 0 Å². The Balaban J connectivity index is 2.37. The number of nitrogens with zero attached hydrogens (tertiary/aromatic N) is 4. The fourth-order valence-corrected chi connectivity index (χ4v) is 1.30. The van der Waals surface area contributed by atoms with Crippen molar-refractivity contribution in [2.75, 3.05) is 19.6 Å². The Bertz CT molecular complexity index is 257. The molecule has 0 aromatic carbocycles. The summed E-state index contributed by atoms with van der Waals surface area (Å²) in [5.74, 6) is 0. The average Bonchev–Trinajstić information content (AvgIpc) is 2.67. The van der Waals surface area contributed by atoms with Crippen molar-refractivity contribution >= 4 is 0 Å². The van der Waals surface area contributed by atoms with Crippen molar-refractivity contribution in [3.8, 4) is 0 Å². The van der Waals surface area contributed by atoms with E-state index in [2.05, 4.69) is 29.1 Å². The summed E-state index contributed by atoms with van der Waals surface area (Å²) in [5.41, 5.74) is 0.629. The Hall–Kier alpha value is -0.940. The fourth-order valence-electron chi connectivity index (χ4n) is 1.30. The second-order valence-electron chi connectivity index (χ2n) is 3.16. The Labute approximate surface area is 84.3 Å². The van der Waals surface area contributed by atoms with Crippen LogP contribution in [-0.4, -0.2) is 44.6 Å². The summed E-state index contributed by atoms with van der Waals surface area (Å²) in [5, 5.41) is 16.5. The van der Waals surface area contributed by atoms with Crippen molar-refractivity contribution in [1.82, 2.24) is 19.9 Å². The Morgan fingerprint density at radius 1 is 1.43 bits per heavy atom. The molecule has 5 nitrogen and oxygen atoms in total. The van der Waals surface area contributed by atoms with Crippen LogP contribution < -0.4 is 0 Å². The molecule has 0 aliphatic rings. The number of hydrogen-bond acceptors (Lipinski definition) is 4. The van der Waals surface area contributed by atoms with Gasteiger partial charge in [-0.15, -0.1) is 5.10 Å². The van der Waals surface area contributed by atoms with Crippen LogP contribution in [0.2, 0.25) is 0 Å². The topological polar surface area (TPSA) is 54.2 Å². The molecule has 1 aromatic heterocycles. The third kappa shape index (κ3) is 3.08. The molecule has 1 heterocycles.